The van der Waals surface area contributed by atoms with Crippen LogP contribution in [0.5, 0.6) is 0 Å². The Morgan fingerprint density at radius 3 is 2.39 bits per heavy atom. The van der Waals surface area contributed by atoms with Crippen molar-refractivity contribution in [2.75, 3.05) is 5.32 Å². The zero-order valence-corrected chi connectivity index (χ0v) is 15.8. The van der Waals surface area contributed by atoms with Gasteiger partial charge in [-0.15, -0.1) is 0 Å². The first-order valence-corrected chi connectivity index (χ1v) is 9.24. The van der Waals surface area contributed by atoms with E-state index in [1.807, 2.05) is 0 Å². The number of nitrogens with one attached hydrogen (secondary N) is 1. The number of rotatable bonds is 7. The second-order valence-corrected chi connectivity index (χ2v) is 7.12. The Morgan fingerprint density at radius 1 is 1.10 bits per heavy atom. The molecular formula is C19H15F6N5O. The molecule has 1 aliphatic carbocycles. The molecule has 1 N–H and O–H groups in total. The maximum atomic E-state index is 13.8. The highest BCUT2D eigenvalue weighted by Gasteiger charge is 2.30. The van der Waals surface area contributed by atoms with Gasteiger partial charge < -0.3 is 5.32 Å². The molecule has 1 saturated carbocycles. The zero-order chi connectivity index (χ0) is 22.3. The van der Waals surface area contributed by atoms with Crippen molar-refractivity contribution in [1.29, 1.82) is 0 Å². The summed E-state index contributed by atoms with van der Waals surface area (Å²) in [6.07, 6.45) is 0.143. The van der Waals surface area contributed by atoms with Gasteiger partial charge >= 0.3 is 0 Å². The van der Waals surface area contributed by atoms with Crippen LogP contribution in [0, 0.1) is 23.3 Å². The molecule has 164 valence electrons. The van der Waals surface area contributed by atoms with Gasteiger partial charge in [-0.1, -0.05) is 0 Å². The van der Waals surface area contributed by atoms with Gasteiger partial charge in [0, 0.05) is 29.9 Å². The van der Waals surface area contributed by atoms with Crippen LogP contribution in [0.4, 0.5) is 32.2 Å². The van der Waals surface area contributed by atoms with E-state index in [2.05, 4.69) is 15.5 Å². The molecule has 0 radical (unpaired) electrons. The summed E-state index contributed by atoms with van der Waals surface area (Å²) in [5.41, 5.74) is -0.718. The highest BCUT2D eigenvalue weighted by molar-refractivity contribution is 5.89. The fourth-order valence-electron chi connectivity index (χ4n) is 3.15. The standard InChI is InChI=1S/C19H15F6N5O/c20-11-5-12(21)18(23)10(17(11)22)7-29-4-3-15(28-29)26-16(31)8-30-14(9-1-2-9)6-13(27-30)19(24)25/h3-6,9,19H,1-2,7-8H2,(H,26,28,31). The lowest BCUT2D eigenvalue weighted by Crippen LogP contribution is -2.21. The summed E-state index contributed by atoms with van der Waals surface area (Å²) >= 11 is 0. The van der Waals surface area contributed by atoms with Crippen LogP contribution in [0.2, 0.25) is 0 Å². The number of benzene rings is 1. The van der Waals surface area contributed by atoms with Crippen LogP contribution in [0.25, 0.3) is 0 Å². The number of hydrogen-bond acceptors (Lipinski definition) is 3. The summed E-state index contributed by atoms with van der Waals surface area (Å²) in [5.74, 6) is -6.68. The number of hydrogen-bond donors (Lipinski definition) is 1. The Kier molecular flexibility index (Phi) is 5.46. The van der Waals surface area contributed by atoms with Crippen molar-refractivity contribution in [3.63, 3.8) is 0 Å². The SMILES string of the molecule is O=C(Cn1nc(C(F)F)cc1C1CC1)Nc1ccn(Cc2c(F)c(F)cc(F)c2F)n1. The third-order valence-corrected chi connectivity index (χ3v) is 4.77. The summed E-state index contributed by atoms with van der Waals surface area (Å²) in [6, 6.07) is 2.69. The largest absolute Gasteiger partial charge is 0.308 e. The molecule has 0 aliphatic heterocycles. The highest BCUT2D eigenvalue weighted by atomic mass is 19.3. The van der Waals surface area contributed by atoms with Gasteiger partial charge in [-0.25, -0.2) is 26.3 Å². The maximum Gasteiger partial charge on any atom is 0.282 e. The summed E-state index contributed by atoms with van der Waals surface area (Å²) < 4.78 is 82.3. The molecule has 1 aromatic carbocycles. The molecule has 0 spiro atoms. The Labute approximate surface area is 171 Å². The van der Waals surface area contributed by atoms with E-state index in [0.717, 1.165) is 17.5 Å². The molecule has 6 nitrogen and oxygen atoms in total. The minimum atomic E-state index is -2.76. The molecule has 3 aromatic rings. The van der Waals surface area contributed by atoms with Crippen molar-refractivity contribution < 1.29 is 31.1 Å². The Bertz CT molecular complexity index is 1110. The number of amides is 1. The van der Waals surface area contributed by atoms with Crippen molar-refractivity contribution in [1.82, 2.24) is 19.6 Å². The molecule has 1 aliphatic rings. The van der Waals surface area contributed by atoms with Crippen LogP contribution in [-0.2, 0) is 17.9 Å². The fourth-order valence-corrected chi connectivity index (χ4v) is 3.15. The first kappa shape index (κ1) is 20.9. The Balaban J connectivity index is 1.45. The van der Waals surface area contributed by atoms with Crippen LogP contribution in [-0.4, -0.2) is 25.5 Å². The summed E-state index contributed by atoms with van der Waals surface area (Å²) in [6.45, 7) is -0.950. The smallest absolute Gasteiger partial charge is 0.282 e. The normalized spacial score (nSPS) is 13.8. The molecule has 31 heavy (non-hydrogen) atoms. The van der Waals surface area contributed by atoms with E-state index in [-0.39, 0.29) is 24.3 Å². The van der Waals surface area contributed by atoms with Gasteiger partial charge in [0.25, 0.3) is 6.43 Å². The summed E-state index contributed by atoms with van der Waals surface area (Å²) in [4.78, 5) is 12.3. The number of halogens is 6. The fraction of sp³-hybridized carbons (Fsp3) is 0.316. The number of alkyl halides is 2. The molecule has 1 amide bonds. The van der Waals surface area contributed by atoms with E-state index in [4.69, 9.17) is 0 Å². The first-order chi connectivity index (χ1) is 14.7. The predicted octanol–water partition coefficient (Wildman–Crippen LogP) is 4.14. The second kappa shape index (κ2) is 8.08. The molecule has 2 heterocycles. The van der Waals surface area contributed by atoms with Crippen molar-refractivity contribution >= 4 is 11.7 Å². The van der Waals surface area contributed by atoms with Crippen LogP contribution in [0.15, 0.2) is 24.4 Å². The topological polar surface area (TPSA) is 64.7 Å². The average molecular weight is 443 g/mol. The lowest BCUT2D eigenvalue weighted by atomic mass is 10.2. The average Bonchev–Trinajstić information content (AvgIpc) is 3.32. The third kappa shape index (κ3) is 4.42. The molecule has 0 unspecified atom stereocenters. The molecule has 0 saturated heterocycles. The number of anilines is 1. The number of aromatic nitrogens is 4. The number of nitrogens with zero attached hydrogens (tertiary/aromatic N) is 4. The van der Waals surface area contributed by atoms with E-state index in [9.17, 15) is 31.1 Å². The van der Waals surface area contributed by atoms with Crippen LogP contribution < -0.4 is 5.32 Å². The van der Waals surface area contributed by atoms with Gasteiger partial charge in [-0.3, -0.25) is 14.2 Å². The molecule has 4 rings (SSSR count). The Morgan fingerprint density at radius 2 is 1.77 bits per heavy atom. The van der Waals surface area contributed by atoms with Crippen LogP contribution in [0.3, 0.4) is 0 Å². The maximum absolute atomic E-state index is 13.8. The number of carbonyl (C=O) groups is 1. The van der Waals surface area contributed by atoms with E-state index in [1.54, 1.807) is 0 Å². The minimum absolute atomic E-state index is 0.00287. The van der Waals surface area contributed by atoms with E-state index >= 15 is 0 Å². The second-order valence-electron chi connectivity index (χ2n) is 7.12. The van der Waals surface area contributed by atoms with Crippen molar-refractivity contribution in [2.45, 2.75) is 38.3 Å². The molecule has 0 atom stereocenters. The molecule has 0 bridgehead atoms. The van der Waals surface area contributed by atoms with Crippen molar-refractivity contribution in [3.05, 3.63) is 64.6 Å². The Hall–Kier alpha value is -3.31. The molecule has 12 heteroatoms. The van der Waals surface area contributed by atoms with Crippen LogP contribution >= 0.6 is 0 Å². The lowest BCUT2D eigenvalue weighted by Gasteiger charge is -2.08. The first-order valence-electron chi connectivity index (χ1n) is 9.24. The summed E-state index contributed by atoms with van der Waals surface area (Å²) in [7, 11) is 0. The van der Waals surface area contributed by atoms with Gasteiger partial charge in [-0.2, -0.15) is 10.2 Å². The van der Waals surface area contributed by atoms with Gasteiger partial charge in [0.15, 0.2) is 29.1 Å². The highest BCUT2D eigenvalue weighted by Crippen LogP contribution is 2.41. The van der Waals surface area contributed by atoms with E-state index in [0.29, 0.717) is 5.69 Å². The molecular weight excluding hydrogens is 428 g/mol. The van der Waals surface area contributed by atoms with Crippen LogP contribution in [0.1, 0.15) is 42.1 Å². The molecule has 2 aromatic heterocycles. The van der Waals surface area contributed by atoms with Gasteiger partial charge in [-0.05, 0) is 18.9 Å². The van der Waals surface area contributed by atoms with Crippen molar-refractivity contribution in [2.24, 2.45) is 0 Å². The third-order valence-electron chi connectivity index (χ3n) is 4.77. The lowest BCUT2D eigenvalue weighted by molar-refractivity contribution is -0.117. The zero-order valence-electron chi connectivity index (χ0n) is 15.8. The van der Waals surface area contributed by atoms with Gasteiger partial charge in [0.2, 0.25) is 5.91 Å². The number of carbonyl (C=O) groups excluding carboxylic acids is 1. The van der Waals surface area contributed by atoms with Gasteiger partial charge in [0.1, 0.15) is 12.2 Å². The predicted molar refractivity (Wildman–Crippen MR) is 95.4 cm³/mol. The minimum Gasteiger partial charge on any atom is -0.308 e. The molecule has 1 fully saturated rings. The van der Waals surface area contributed by atoms with E-state index < -0.39 is 53.4 Å². The summed E-state index contributed by atoms with van der Waals surface area (Å²) in [5, 5.41) is 10.1. The van der Waals surface area contributed by atoms with Gasteiger partial charge in [0.05, 0.1) is 12.1 Å². The van der Waals surface area contributed by atoms with Crippen molar-refractivity contribution in [3.8, 4) is 0 Å². The monoisotopic (exact) mass is 443 g/mol. The van der Waals surface area contributed by atoms with E-state index in [1.165, 1.54) is 23.0 Å². The quantitative estimate of drug-likeness (QED) is 0.441.